The second-order valence-corrected chi connectivity index (χ2v) is 7.98. The Hall–Kier alpha value is -1.55. The standard InChI is InChI=1S/C21H33NO3/c1-16(2)14-18-15-22(13-12-21(18,3)24)20(23)7-5-6-17-8-10-19(25-4)11-9-17/h8-11,16,18,24H,5-7,12-15H2,1-4H3/t18-,21+/m1/s1. The van der Waals surface area contributed by atoms with Crippen LogP contribution in [0.25, 0.3) is 0 Å². The highest BCUT2D eigenvalue weighted by Crippen LogP contribution is 2.32. The van der Waals surface area contributed by atoms with Gasteiger partial charge in [0, 0.05) is 25.4 Å². The van der Waals surface area contributed by atoms with Crippen LogP contribution in [-0.4, -0.2) is 41.7 Å². The summed E-state index contributed by atoms with van der Waals surface area (Å²) in [4.78, 5) is 14.5. The molecule has 0 saturated carbocycles. The number of ether oxygens (including phenoxy) is 1. The van der Waals surface area contributed by atoms with E-state index in [1.165, 1.54) is 5.56 Å². The van der Waals surface area contributed by atoms with E-state index in [1.807, 2.05) is 24.0 Å². The van der Waals surface area contributed by atoms with E-state index in [1.54, 1.807) is 7.11 Å². The van der Waals surface area contributed by atoms with E-state index in [2.05, 4.69) is 26.0 Å². The Morgan fingerprint density at radius 2 is 2.04 bits per heavy atom. The Balaban J connectivity index is 1.81. The number of hydrogen-bond acceptors (Lipinski definition) is 3. The van der Waals surface area contributed by atoms with E-state index in [-0.39, 0.29) is 11.8 Å². The van der Waals surface area contributed by atoms with Crippen molar-refractivity contribution in [3.05, 3.63) is 29.8 Å². The van der Waals surface area contributed by atoms with Gasteiger partial charge in [-0.1, -0.05) is 26.0 Å². The monoisotopic (exact) mass is 347 g/mol. The van der Waals surface area contributed by atoms with Crippen LogP contribution >= 0.6 is 0 Å². The summed E-state index contributed by atoms with van der Waals surface area (Å²) >= 11 is 0. The molecule has 4 heteroatoms. The summed E-state index contributed by atoms with van der Waals surface area (Å²) in [5.74, 6) is 1.78. The van der Waals surface area contributed by atoms with Gasteiger partial charge in [-0.05, 0) is 56.2 Å². The van der Waals surface area contributed by atoms with Crippen molar-refractivity contribution in [3.8, 4) is 5.75 Å². The maximum absolute atomic E-state index is 12.6. The lowest BCUT2D eigenvalue weighted by atomic mass is 9.78. The first-order valence-electron chi connectivity index (χ1n) is 9.45. The normalized spacial score (nSPS) is 23.8. The minimum Gasteiger partial charge on any atom is -0.497 e. The Bertz CT molecular complexity index is 551. The molecule has 1 aromatic rings. The van der Waals surface area contributed by atoms with Gasteiger partial charge in [0.2, 0.25) is 5.91 Å². The van der Waals surface area contributed by atoms with Crippen LogP contribution in [0.1, 0.15) is 52.0 Å². The fourth-order valence-corrected chi connectivity index (χ4v) is 3.64. The number of piperidine rings is 1. The number of likely N-dealkylation sites (tertiary alicyclic amines) is 1. The summed E-state index contributed by atoms with van der Waals surface area (Å²) in [7, 11) is 1.66. The molecule has 1 N–H and O–H groups in total. The number of aliphatic hydroxyl groups is 1. The van der Waals surface area contributed by atoms with E-state index < -0.39 is 5.60 Å². The van der Waals surface area contributed by atoms with Crippen molar-refractivity contribution in [2.45, 2.75) is 58.5 Å². The highest BCUT2D eigenvalue weighted by Gasteiger charge is 2.38. The van der Waals surface area contributed by atoms with Gasteiger partial charge in [0.05, 0.1) is 12.7 Å². The Morgan fingerprint density at radius 1 is 1.36 bits per heavy atom. The molecule has 1 fully saturated rings. The van der Waals surface area contributed by atoms with Crippen LogP contribution in [0, 0.1) is 11.8 Å². The minimum absolute atomic E-state index is 0.173. The van der Waals surface area contributed by atoms with E-state index >= 15 is 0 Å². The predicted octanol–water partition coefficient (Wildman–Crippen LogP) is 3.66. The second-order valence-electron chi connectivity index (χ2n) is 7.98. The number of carbonyl (C=O) groups is 1. The lowest BCUT2D eigenvalue weighted by Crippen LogP contribution is -2.52. The van der Waals surface area contributed by atoms with Crippen LogP contribution in [0.3, 0.4) is 0 Å². The van der Waals surface area contributed by atoms with Crippen molar-refractivity contribution in [2.75, 3.05) is 20.2 Å². The molecule has 1 aliphatic heterocycles. The van der Waals surface area contributed by atoms with Crippen LogP contribution in [0.2, 0.25) is 0 Å². The van der Waals surface area contributed by atoms with Crippen molar-refractivity contribution in [3.63, 3.8) is 0 Å². The topological polar surface area (TPSA) is 49.8 Å². The maximum Gasteiger partial charge on any atom is 0.222 e. The fraction of sp³-hybridized carbons (Fsp3) is 0.667. The zero-order chi connectivity index (χ0) is 18.4. The number of methoxy groups -OCH3 is 1. The van der Waals surface area contributed by atoms with Crippen LogP contribution in [0.4, 0.5) is 0 Å². The molecule has 25 heavy (non-hydrogen) atoms. The molecule has 0 radical (unpaired) electrons. The van der Waals surface area contributed by atoms with Crippen LogP contribution in [0.5, 0.6) is 5.75 Å². The zero-order valence-corrected chi connectivity index (χ0v) is 16.1. The number of nitrogens with zero attached hydrogens (tertiary/aromatic N) is 1. The van der Waals surface area contributed by atoms with Crippen molar-refractivity contribution in [1.29, 1.82) is 0 Å². The summed E-state index contributed by atoms with van der Waals surface area (Å²) < 4.78 is 5.16. The van der Waals surface area contributed by atoms with Gasteiger partial charge in [0.1, 0.15) is 5.75 Å². The van der Waals surface area contributed by atoms with Crippen LogP contribution in [0.15, 0.2) is 24.3 Å². The molecular formula is C21H33NO3. The molecule has 140 valence electrons. The van der Waals surface area contributed by atoms with Gasteiger partial charge in [-0.15, -0.1) is 0 Å². The van der Waals surface area contributed by atoms with Crippen LogP contribution in [-0.2, 0) is 11.2 Å². The Labute approximate surface area is 152 Å². The first-order chi connectivity index (χ1) is 11.8. The molecule has 0 spiro atoms. The molecule has 1 heterocycles. The van der Waals surface area contributed by atoms with Gasteiger partial charge in [-0.25, -0.2) is 0 Å². The summed E-state index contributed by atoms with van der Waals surface area (Å²) in [5.41, 5.74) is 0.581. The van der Waals surface area contributed by atoms with E-state index in [4.69, 9.17) is 4.74 Å². The first-order valence-corrected chi connectivity index (χ1v) is 9.45. The number of aryl methyl sites for hydroxylation is 1. The number of carbonyl (C=O) groups excluding carboxylic acids is 1. The molecule has 1 saturated heterocycles. The summed E-state index contributed by atoms with van der Waals surface area (Å²) in [6.45, 7) is 7.62. The molecule has 2 atom stereocenters. The summed E-state index contributed by atoms with van der Waals surface area (Å²) in [6, 6.07) is 8.03. The molecule has 0 aromatic heterocycles. The van der Waals surface area contributed by atoms with Crippen molar-refractivity contribution >= 4 is 5.91 Å². The summed E-state index contributed by atoms with van der Waals surface area (Å²) in [5, 5.41) is 10.6. The van der Waals surface area contributed by atoms with Crippen molar-refractivity contribution in [1.82, 2.24) is 4.90 Å². The largest absolute Gasteiger partial charge is 0.497 e. The number of hydrogen-bond donors (Lipinski definition) is 1. The van der Waals surface area contributed by atoms with Crippen molar-refractivity contribution < 1.29 is 14.6 Å². The highest BCUT2D eigenvalue weighted by molar-refractivity contribution is 5.76. The number of rotatable bonds is 7. The third-order valence-electron chi connectivity index (χ3n) is 5.33. The van der Waals surface area contributed by atoms with E-state index in [0.717, 1.165) is 25.0 Å². The third kappa shape index (κ3) is 5.74. The number of amides is 1. The van der Waals surface area contributed by atoms with Gasteiger partial charge < -0.3 is 14.7 Å². The minimum atomic E-state index is -0.649. The molecule has 0 bridgehead atoms. The van der Waals surface area contributed by atoms with Gasteiger partial charge in [-0.2, -0.15) is 0 Å². The lowest BCUT2D eigenvalue weighted by Gasteiger charge is -2.43. The van der Waals surface area contributed by atoms with E-state index in [9.17, 15) is 9.90 Å². The average molecular weight is 347 g/mol. The zero-order valence-electron chi connectivity index (χ0n) is 16.1. The van der Waals surface area contributed by atoms with Gasteiger partial charge >= 0.3 is 0 Å². The quantitative estimate of drug-likeness (QED) is 0.819. The van der Waals surface area contributed by atoms with Gasteiger partial charge in [0.15, 0.2) is 0 Å². The molecular weight excluding hydrogens is 314 g/mol. The van der Waals surface area contributed by atoms with E-state index in [0.29, 0.717) is 31.8 Å². The predicted molar refractivity (Wildman–Crippen MR) is 101 cm³/mol. The SMILES string of the molecule is COc1ccc(CCCC(=O)N2CC[C@](C)(O)[C@H](CC(C)C)C2)cc1. The first kappa shape index (κ1) is 19.8. The third-order valence-corrected chi connectivity index (χ3v) is 5.33. The smallest absolute Gasteiger partial charge is 0.222 e. The Kier molecular flexibility index (Phi) is 6.88. The second kappa shape index (κ2) is 8.70. The van der Waals surface area contributed by atoms with Gasteiger partial charge in [0.25, 0.3) is 0 Å². The lowest BCUT2D eigenvalue weighted by molar-refractivity contribution is -0.139. The average Bonchev–Trinajstić information content (AvgIpc) is 2.57. The van der Waals surface area contributed by atoms with Crippen molar-refractivity contribution in [2.24, 2.45) is 11.8 Å². The maximum atomic E-state index is 12.6. The summed E-state index contributed by atoms with van der Waals surface area (Å²) in [6.07, 6.45) is 3.96. The van der Waals surface area contributed by atoms with Crippen LogP contribution < -0.4 is 4.74 Å². The van der Waals surface area contributed by atoms with Gasteiger partial charge in [-0.3, -0.25) is 4.79 Å². The molecule has 4 nitrogen and oxygen atoms in total. The molecule has 1 amide bonds. The Morgan fingerprint density at radius 3 is 2.64 bits per heavy atom. The molecule has 0 unspecified atom stereocenters. The molecule has 1 aliphatic rings. The molecule has 0 aliphatic carbocycles. The molecule has 2 rings (SSSR count). The highest BCUT2D eigenvalue weighted by atomic mass is 16.5. The fourth-order valence-electron chi connectivity index (χ4n) is 3.64. The molecule has 1 aromatic carbocycles. The number of benzene rings is 1.